The first-order valence-corrected chi connectivity index (χ1v) is 20.4. The van der Waals surface area contributed by atoms with Gasteiger partial charge in [0.05, 0.1) is 11.7 Å². The molecule has 4 amide bonds. The summed E-state index contributed by atoms with van der Waals surface area (Å²) in [5.41, 5.74) is 6.59. The molecule has 15 nitrogen and oxygen atoms in total. The number of aromatic nitrogens is 5. The highest BCUT2D eigenvalue weighted by Crippen LogP contribution is 2.32. The zero-order chi connectivity index (χ0) is 41.3. The molecule has 8 rings (SSSR count). The van der Waals surface area contributed by atoms with E-state index in [1.807, 2.05) is 77.2 Å². The Morgan fingerprint density at radius 3 is 2.37 bits per heavy atom. The van der Waals surface area contributed by atoms with Crippen molar-refractivity contribution in [2.45, 2.75) is 71.3 Å². The van der Waals surface area contributed by atoms with E-state index in [-0.39, 0.29) is 29.3 Å². The standard InChI is InChI=1S/C44H51N11O4/c1-27-20-30(6-12-35(27)28(2)48-40(57)41-51-42(52-59-41)44(3,4)5)36-21-38(47-26-46-36)49-37-13-7-31(22-45-37)32-24-53(25-32)23-29-14-17-54(18-15-29)33-8-10-34(11-9-33)55-19-16-39(56)50-43(55)58/h6-13,20-22,26,28-29,32H,14-19,23-25H2,1-5H3,(H,48,57)(H,50,56,58)(H,45,46,47,49)/t28-/m1/s1. The van der Waals surface area contributed by atoms with Crippen molar-refractivity contribution in [3.05, 3.63) is 102 Å². The highest BCUT2D eigenvalue weighted by molar-refractivity contribution is 6.05. The van der Waals surface area contributed by atoms with E-state index in [4.69, 9.17) is 9.51 Å². The fourth-order valence-electron chi connectivity index (χ4n) is 8.04. The summed E-state index contributed by atoms with van der Waals surface area (Å²) < 4.78 is 5.22. The Morgan fingerprint density at radius 1 is 0.932 bits per heavy atom. The number of likely N-dealkylation sites (tertiary alicyclic amines) is 1. The lowest BCUT2D eigenvalue weighted by molar-refractivity contribution is -0.120. The lowest BCUT2D eigenvalue weighted by atomic mass is 9.89. The summed E-state index contributed by atoms with van der Waals surface area (Å²) in [7, 11) is 0. The number of imide groups is 1. The maximum Gasteiger partial charge on any atom is 0.328 e. The fraction of sp³-hybridized carbons (Fsp3) is 0.409. The molecule has 0 saturated carbocycles. The first-order chi connectivity index (χ1) is 28.4. The van der Waals surface area contributed by atoms with Crippen LogP contribution in [0.1, 0.15) is 92.1 Å². The lowest BCUT2D eigenvalue weighted by Gasteiger charge is -2.43. The van der Waals surface area contributed by atoms with Gasteiger partial charge in [0.2, 0.25) is 5.91 Å². The fourth-order valence-corrected chi connectivity index (χ4v) is 8.04. The van der Waals surface area contributed by atoms with Crippen molar-refractivity contribution in [1.29, 1.82) is 0 Å². The summed E-state index contributed by atoms with van der Waals surface area (Å²) in [6.07, 6.45) is 6.14. The van der Waals surface area contributed by atoms with Crippen LogP contribution in [0.4, 0.5) is 27.8 Å². The largest absolute Gasteiger partial charge is 0.372 e. The minimum absolute atomic E-state index is 0.0505. The van der Waals surface area contributed by atoms with E-state index in [2.05, 4.69) is 70.1 Å². The smallest absolute Gasteiger partial charge is 0.328 e. The Balaban J connectivity index is 0.785. The summed E-state index contributed by atoms with van der Waals surface area (Å²) in [6, 6.07) is 19.6. The van der Waals surface area contributed by atoms with Gasteiger partial charge >= 0.3 is 17.8 Å². The second kappa shape index (κ2) is 16.6. The number of aryl methyl sites for hydroxylation is 1. The first-order valence-electron chi connectivity index (χ1n) is 20.4. The van der Waals surface area contributed by atoms with Crippen molar-refractivity contribution in [1.82, 2.24) is 40.6 Å². The molecule has 0 spiro atoms. The molecule has 5 aromatic rings. The number of carbonyl (C=O) groups is 3. The second-order valence-corrected chi connectivity index (χ2v) is 16.9. The molecule has 3 saturated heterocycles. The molecule has 3 fully saturated rings. The Morgan fingerprint density at radius 2 is 1.69 bits per heavy atom. The Labute approximate surface area is 344 Å². The number of benzene rings is 2. The molecule has 0 bridgehead atoms. The van der Waals surface area contributed by atoms with Crippen molar-refractivity contribution < 1.29 is 18.9 Å². The number of rotatable bonds is 11. The number of carbonyl (C=O) groups excluding carboxylic acids is 3. The summed E-state index contributed by atoms with van der Waals surface area (Å²) >= 11 is 0. The normalized spacial score (nSPS) is 17.4. The van der Waals surface area contributed by atoms with E-state index in [1.54, 1.807) is 11.2 Å². The molecule has 1 atom stereocenters. The zero-order valence-corrected chi connectivity index (χ0v) is 34.2. The summed E-state index contributed by atoms with van der Waals surface area (Å²) in [6.45, 7) is 15.5. The molecule has 3 aromatic heterocycles. The van der Waals surface area contributed by atoms with Crippen molar-refractivity contribution in [2.24, 2.45) is 5.92 Å². The van der Waals surface area contributed by atoms with E-state index in [1.165, 1.54) is 11.3 Å². The number of amides is 4. The SMILES string of the molecule is Cc1cc(-c2cc(Nc3ccc(C4CN(CC5CCN(c6ccc(N7CCC(=O)NC7=O)cc6)CC5)C4)cn3)ncn2)ccc1[C@@H](C)NC(=O)c1nc(C(C)(C)C)no1. The molecule has 59 heavy (non-hydrogen) atoms. The Bertz CT molecular complexity index is 2310. The van der Waals surface area contributed by atoms with Crippen LogP contribution in [0.2, 0.25) is 0 Å². The molecular weight excluding hydrogens is 747 g/mol. The zero-order valence-electron chi connectivity index (χ0n) is 34.2. The average Bonchev–Trinajstić information content (AvgIpc) is 3.72. The van der Waals surface area contributed by atoms with Gasteiger partial charge in [-0.25, -0.2) is 19.7 Å². The van der Waals surface area contributed by atoms with Crippen LogP contribution in [-0.2, 0) is 10.2 Å². The van der Waals surface area contributed by atoms with Crippen molar-refractivity contribution >= 4 is 40.9 Å². The van der Waals surface area contributed by atoms with Crippen molar-refractivity contribution in [3.63, 3.8) is 0 Å². The Hall–Kier alpha value is -6.22. The molecule has 306 valence electrons. The predicted molar refractivity (Wildman–Crippen MR) is 225 cm³/mol. The van der Waals surface area contributed by atoms with Crippen molar-refractivity contribution in [2.75, 3.05) is 54.4 Å². The number of nitrogens with one attached hydrogen (secondary N) is 3. The third-order valence-electron chi connectivity index (χ3n) is 11.5. The molecule has 6 heterocycles. The van der Waals surface area contributed by atoms with Gasteiger partial charge in [0.15, 0.2) is 5.82 Å². The summed E-state index contributed by atoms with van der Waals surface area (Å²) in [5, 5.41) is 12.7. The molecule has 3 aliphatic rings. The molecule has 0 aliphatic carbocycles. The molecule has 3 aliphatic heterocycles. The maximum atomic E-state index is 12.8. The van der Waals surface area contributed by atoms with Crippen LogP contribution in [0, 0.1) is 12.8 Å². The maximum absolute atomic E-state index is 12.8. The number of piperidine rings is 1. The number of hydrogen-bond acceptors (Lipinski definition) is 12. The molecule has 0 unspecified atom stereocenters. The lowest BCUT2D eigenvalue weighted by Crippen LogP contribution is -2.49. The first kappa shape index (κ1) is 39.6. The number of hydrogen-bond donors (Lipinski definition) is 3. The highest BCUT2D eigenvalue weighted by atomic mass is 16.5. The molecule has 3 N–H and O–H groups in total. The number of pyridine rings is 1. The van der Waals surface area contributed by atoms with Gasteiger partial charge in [-0.05, 0) is 85.7 Å². The average molecular weight is 798 g/mol. The monoisotopic (exact) mass is 797 g/mol. The topological polar surface area (TPSA) is 175 Å². The third kappa shape index (κ3) is 9.09. The van der Waals surface area contributed by atoms with E-state index in [9.17, 15) is 14.4 Å². The van der Waals surface area contributed by atoms with Gasteiger partial charge in [-0.3, -0.25) is 19.8 Å². The van der Waals surface area contributed by atoms with Gasteiger partial charge < -0.3 is 25.0 Å². The molecule has 15 heteroatoms. The van der Waals surface area contributed by atoms with Crippen LogP contribution in [0.5, 0.6) is 0 Å². The second-order valence-electron chi connectivity index (χ2n) is 16.9. The predicted octanol–water partition coefficient (Wildman–Crippen LogP) is 6.52. The van der Waals surface area contributed by atoms with Gasteiger partial charge in [-0.1, -0.05) is 44.1 Å². The van der Waals surface area contributed by atoms with Gasteiger partial charge in [-0.15, -0.1) is 0 Å². The van der Waals surface area contributed by atoms with Gasteiger partial charge in [0.25, 0.3) is 0 Å². The molecular formula is C44H51N11O4. The summed E-state index contributed by atoms with van der Waals surface area (Å²) in [5.74, 6) is 2.32. The molecule has 0 radical (unpaired) electrons. The van der Waals surface area contributed by atoms with Crippen LogP contribution < -0.4 is 25.8 Å². The van der Waals surface area contributed by atoms with Gasteiger partial charge in [0.1, 0.15) is 18.0 Å². The van der Waals surface area contributed by atoms with Crippen LogP contribution >= 0.6 is 0 Å². The van der Waals surface area contributed by atoms with Crippen LogP contribution in [-0.4, -0.2) is 87.1 Å². The van der Waals surface area contributed by atoms with Crippen LogP contribution in [0.25, 0.3) is 11.3 Å². The third-order valence-corrected chi connectivity index (χ3v) is 11.5. The quantitative estimate of drug-likeness (QED) is 0.132. The van der Waals surface area contributed by atoms with E-state index in [0.717, 1.165) is 79.5 Å². The summed E-state index contributed by atoms with van der Waals surface area (Å²) in [4.78, 5) is 61.1. The van der Waals surface area contributed by atoms with Crippen molar-refractivity contribution in [3.8, 4) is 11.3 Å². The number of urea groups is 1. The minimum Gasteiger partial charge on any atom is -0.372 e. The Kier molecular flexibility index (Phi) is 11.1. The highest BCUT2D eigenvalue weighted by Gasteiger charge is 2.32. The number of nitrogens with zero attached hydrogens (tertiary/aromatic N) is 8. The van der Waals surface area contributed by atoms with Gasteiger partial charge in [0, 0.05) is 86.2 Å². The van der Waals surface area contributed by atoms with Gasteiger partial charge in [-0.2, -0.15) is 4.98 Å². The van der Waals surface area contributed by atoms with E-state index < -0.39 is 5.91 Å². The van der Waals surface area contributed by atoms with Crippen LogP contribution in [0.3, 0.4) is 0 Å². The minimum atomic E-state index is -0.412. The number of anilines is 4. The van der Waals surface area contributed by atoms with E-state index >= 15 is 0 Å². The van der Waals surface area contributed by atoms with E-state index in [0.29, 0.717) is 36.4 Å². The van der Waals surface area contributed by atoms with Crippen LogP contribution in [0.15, 0.2) is 77.7 Å². The molecule has 2 aromatic carbocycles.